The molecule has 0 bridgehead atoms. The third-order valence-electron chi connectivity index (χ3n) is 4.31. The lowest BCUT2D eigenvalue weighted by Crippen LogP contribution is -2.68. The first-order chi connectivity index (χ1) is 13.7. The van der Waals surface area contributed by atoms with Crippen LogP contribution in [0, 0.1) is 10.1 Å². The van der Waals surface area contributed by atoms with Gasteiger partial charge >= 0.3 is 11.9 Å². The van der Waals surface area contributed by atoms with Gasteiger partial charge in [-0.3, -0.25) is 19.8 Å². The fourth-order valence-corrected chi connectivity index (χ4v) is 4.15. The highest BCUT2D eigenvalue weighted by atomic mass is 32.2. The zero-order chi connectivity index (χ0) is 21.3. The minimum absolute atomic E-state index is 0.0499. The van der Waals surface area contributed by atoms with Crippen LogP contribution in [0.3, 0.4) is 0 Å². The Bertz CT molecular complexity index is 897. The van der Waals surface area contributed by atoms with E-state index in [2.05, 4.69) is 0 Å². The van der Waals surface area contributed by atoms with Gasteiger partial charge in [0.15, 0.2) is 0 Å². The second kappa shape index (κ2) is 8.21. The van der Waals surface area contributed by atoms with E-state index in [0.29, 0.717) is 5.56 Å². The molecule has 0 radical (unpaired) electrons. The fourth-order valence-electron chi connectivity index (χ4n) is 2.88. The summed E-state index contributed by atoms with van der Waals surface area (Å²) in [4.78, 5) is 48.7. The number of β-lactam (4-membered cyclic amide) rings is 1. The van der Waals surface area contributed by atoms with Crippen LogP contribution in [0.1, 0.15) is 19.4 Å². The standard InChI is InChI=1S/C18H19N3O7S/c1-9(2)28-17(23)12-8-29-16-13(19)15(22)20(16)14(12)18(24)27-7-10-3-5-11(6-4-10)21(25)26/h3-6,9,13,16H,7-8,19H2,1-2H3/t13?,16-/m0/s1. The van der Waals surface area contributed by atoms with Gasteiger partial charge in [-0.2, -0.15) is 0 Å². The zero-order valence-electron chi connectivity index (χ0n) is 15.7. The summed E-state index contributed by atoms with van der Waals surface area (Å²) in [6.07, 6.45) is -0.399. The van der Waals surface area contributed by atoms with E-state index >= 15 is 0 Å². The molecule has 1 saturated heterocycles. The average molecular weight is 421 g/mol. The van der Waals surface area contributed by atoms with E-state index in [1.54, 1.807) is 13.8 Å². The fraction of sp³-hybridized carbons (Fsp3) is 0.389. The predicted molar refractivity (Wildman–Crippen MR) is 102 cm³/mol. The third kappa shape index (κ3) is 4.10. The predicted octanol–water partition coefficient (Wildman–Crippen LogP) is 1.09. The van der Waals surface area contributed by atoms with Gasteiger partial charge in [0.2, 0.25) is 5.91 Å². The van der Waals surface area contributed by atoms with Crippen LogP contribution >= 0.6 is 11.8 Å². The van der Waals surface area contributed by atoms with Crippen molar-refractivity contribution in [3.63, 3.8) is 0 Å². The molecule has 0 spiro atoms. The number of hydrogen-bond donors (Lipinski definition) is 1. The summed E-state index contributed by atoms with van der Waals surface area (Å²) >= 11 is 1.28. The molecule has 3 rings (SSSR count). The lowest BCUT2D eigenvalue weighted by Gasteiger charge is -2.47. The maximum Gasteiger partial charge on any atom is 0.356 e. The normalized spacial score (nSPS) is 20.8. The Kier molecular flexibility index (Phi) is 5.89. The van der Waals surface area contributed by atoms with Crippen molar-refractivity contribution in [2.75, 3.05) is 5.75 Å². The number of nitrogens with zero attached hydrogens (tertiary/aromatic N) is 2. The van der Waals surface area contributed by atoms with Gasteiger partial charge in [0.1, 0.15) is 23.7 Å². The number of fused-ring (bicyclic) bond motifs is 1. The van der Waals surface area contributed by atoms with Crippen molar-refractivity contribution in [1.29, 1.82) is 0 Å². The Labute approximate surface area is 170 Å². The summed E-state index contributed by atoms with van der Waals surface area (Å²) in [6, 6.07) is 4.74. The van der Waals surface area contributed by atoms with Crippen LogP contribution in [0.2, 0.25) is 0 Å². The maximum absolute atomic E-state index is 12.7. The van der Waals surface area contributed by atoms with Gasteiger partial charge in [-0.15, -0.1) is 11.8 Å². The van der Waals surface area contributed by atoms with Gasteiger partial charge in [0, 0.05) is 17.9 Å². The molecule has 1 fully saturated rings. The average Bonchev–Trinajstić information content (AvgIpc) is 2.69. The summed E-state index contributed by atoms with van der Waals surface area (Å²) < 4.78 is 10.5. The lowest BCUT2D eigenvalue weighted by atomic mass is 10.0. The maximum atomic E-state index is 12.7. The molecule has 2 heterocycles. The molecule has 154 valence electrons. The molecule has 1 unspecified atom stereocenters. The van der Waals surface area contributed by atoms with Crippen LogP contribution in [-0.2, 0) is 30.5 Å². The van der Waals surface area contributed by atoms with Crippen LogP contribution < -0.4 is 5.73 Å². The van der Waals surface area contributed by atoms with Crippen molar-refractivity contribution in [2.24, 2.45) is 5.73 Å². The summed E-state index contributed by atoms with van der Waals surface area (Å²) in [6.45, 7) is 3.17. The van der Waals surface area contributed by atoms with Crippen LogP contribution in [0.25, 0.3) is 0 Å². The molecule has 10 nitrogen and oxygen atoms in total. The first-order valence-corrected chi connectivity index (χ1v) is 9.80. The minimum atomic E-state index is -0.857. The number of carbonyl (C=O) groups excluding carboxylic acids is 3. The van der Waals surface area contributed by atoms with Gasteiger partial charge in [0.05, 0.1) is 16.6 Å². The Hall–Kier alpha value is -2.92. The number of nitrogens with two attached hydrogens (primary N) is 1. The van der Waals surface area contributed by atoms with E-state index in [-0.39, 0.29) is 29.3 Å². The van der Waals surface area contributed by atoms with E-state index in [0.717, 1.165) is 0 Å². The summed E-state index contributed by atoms with van der Waals surface area (Å²) in [5.41, 5.74) is 6.11. The Morgan fingerprint density at radius 2 is 1.97 bits per heavy atom. The second-order valence-electron chi connectivity index (χ2n) is 6.72. The van der Waals surface area contributed by atoms with E-state index in [1.807, 2.05) is 0 Å². The monoisotopic (exact) mass is 421 g/mol. The van der Waals surface area contributed by atoms with Gasteiger partial charge in [-0.1, -0.05) is 0 Å². The van der Waals surface area contributed by atoms with Crippen molar-refractivity contribution >= 4 is 35.3 Å². The van der Waals surface area contributed by atoms with Crippen molar-refractivity contribution in [2.45, 2.75) is 38.0 Å². The number of nitro groups is 1. The molecule has 1 amide bonds. The number of ether oxygens (including phenoxy) is 2. The first-order valence-electron chi connectivity index (χ1n) is 8.75. The topological polar surface area (TPSA) is 142 Å². The summed E-state index contributed by atoms with van der Waals surface area (Å²) in [7, 11) is 0. The highest BCUT2D eigenvalue weighted by Gasteiger charge is 2.53. The summed E-state index contributed by atoms with van der Waals surface area (Å²) in [5.74, 6) is -1.86. The molecular formula is C18H19N3O7S. The number of nitro benzene ring substituents is 1. The molecule has 0 aliphatic carbocycles. The van der Waals surface area contributed by atoms with E-state index in [1.165, 1.54) is 40.9 Å². The van der Waals surface area contributed by atoms with Crippen molar-refractivity contribution in [1.82, 2.24) is 4.90 Å². The van der Waals surface area contributed by atoms with E-state index in [4.69, 9.17) is 15.2 Å². The van der Waals surface area contributed by atoms with Crippen molar-refractivity contribution in [3.8, 4) is 0 Å². The van der Waals surface area contributed by atoms with E-state index in [9.17, 15) is 24.5 Å². The minimum Gasteiger partial charge on any atom is -0.460 e. The van der Waals surface area contributed by atoms with Gasteiger partial charge in [0.25, 0.3) is 5.69 Å². The molecule has 29 heavy (non-hydrogen) atoms. The largest absolute Gasteiger partial charge is 0.460 e. The number of rotatable bonds is 6. The molecule has 11 heteroatoms. The van der Waals surface area contributed by atoms with Gasteiger partial charge in [-0.05, 0) is 31.5 Å². The number of benzene rings is 1. The molecule has 0 saturated carbocycles. The molecule has 2 atom stereocenters. The summed E-state index contributed by atoms with van der Waals surface area (Å²) in [5, 5.41) is 10.3. The van der Waals surface area contributed by atoms with Gasteiger partial charge in [-0.25, -0.2) is 9.59 Å². The number of thioether (sulfide) groups is 1. The molecule has 0 aromatic heterocycles. The van der Waals surface area contributed by atoms with Crippen LogP contribution in [-0.4, -0.2) is 50.9 Å². The van der Waals surface area contributed by atoms with Gasteiger partial charge < -0.3 is 15.2 Å². The molecule has 2 aliphatic rings. The molecule has 2 aliphatic heterocycles. The van der Waals surface area contributed by atoms with Crippen LogP contribution in [0.5, 0.6) is 0 Å². The highest BCUT2D eigenvalue weighted by Crippen LogP contribution is 2.40. The smallest absolute Gasteiger partial charge is 0.356 e. The number of hydrogen-bond acceptors (Lipinski definition) is 9. The van der Waals surface area contributed by atoms with E-state index < -0.39 is 40.3 Å². The first kappa shape index (κ1) is 20.8. The molecular weight excluding hydrogens is 402 g/mol. The molecule has 2 N–H and O–H groups in total. The number of non-ortho nitro benzene ring substituents is 1. The lowest BCUT2D eigenvalue weighted by molar-refractivity contribution is -0.384. The molecule has 1 aromatic rings. The van der Waals surface area contributed by atoms with Crippen LogP contribution in [0.15, 0.2) is 35.5 Å². The van der Waals surface area contributed by atoms with Crippen molar-refractivity contribution in [3.05, 3.63) is 51.2 Å². The highest BCUT2D eigenvalue weighted by molar-refractivity contribution is 8.00. The number of amides is 1. The Morgan fingerprint density at radius 3 is 2.55 bits per heavy atom. The SMILES string of the molecule is CC(C)OC(=O)C1=C(C(=O)OCc2ccc([N+](=O)[O-])cc2)N2C(=O)C(N)[C@@H]2SC1. The number of esters is 2. The third-order valence-corrected chi connectivity index (χ3v) is 5.61. The number of carbonyl (C=O) groups is 3. The van der Waals surface area contributed by atoms with Crippen molar-refractivity contribution < 1.29 is 28.8 Å². The second-order valence-corrected chi connectivity index (χ2v) is 7.82. The Morgan fingerprint density at radius 1 is 1.31 bits per heavy atom. The Balaban J connectivity index is 1.81. The van der Waals surface area contributed by atoms with Crippen LogP contribution in [0.4, 0.5) is 5.69 Å². The zero-order valence-corrected chi connectivity index (χ0v) is 16.5. The molecule has 1 aromatic carbocycles. The quantitative estimate of drug-likeness (QED) is 0.309.